The van der Waals surface area contributed by atoms with E-state index in [1.807, 2.05) is 6.20 Å². The maximum Gasteiger partial charge on any atom is 0.130 e. The number of nitrogens with one attached hydrogen (secondary N) is 1. The first-order valence-electron chi connectivity index (χ1n) is 8.51. The molecule has 2 aliphatic heterocycles. The summed E-state index contributed by atoms with van der Waals surface area (Å²) in [6, 6.07) is 5.07. The molecule has 0 radical (unpaired) electrons. The molecule has 1 atom stereocenters. The Morgan fingerprint density at radius 1 is 1.29 bits per heavy atom. The lowest BCUT2D eigenvalue weighted by Crippen LogP contribution is -2.54. The topological polar surface area (TPSA) is 31.4 Å². The molecule has 2 saturated heterocycles. The summed E-state index contributed by atoms with van der Waals surface area (Å²) < 4.78 is 0. The molecule has 4 nitrogen and oxygen atoms in total. The number of aromatic nitrogens is 1. The van der Waals surface area contributed by atoms with Gasteiger partial charge in [0.2, 0.25) is 0 Å². The van der Waals surface area contributed by atoms with Crippen molar-refractivity contribution in [2.24, 2.45) is 0 Å². The smallest absolute Gasteiger partial charge is 0.130 e. The van der Waals surface area contributed by atoms with Gasteiger partial charge in [-0.25, -0.2) is 4.98 Å². The van der Waals surface area contributed by atoms with Gasteiger partial charge in [-0.1, -0.05) is 19.4 Å². The van der Waals surface area contributed by atoms with Gasteiger partial charge >= 0.3 is 0 Å². The van der Waals surface area contributed by atoms with Crippen LogP contribution in [0.5, 0.6) is 0 Å². The number of pyridine rings is 1. The predicted octanol–water partition coefficient (Wildman–Crippen LogP) is 2.57. The van der Waals surface area contributed by atoms with Crippen molar-refractivity contribution in [1.82, 2.24) is 14.8 Å². The molecule has 0 amide bonds. The molecular weight excluding hydrogens is 260 g/mol. The first-order chi connectivity index (χ1) is 10.4. The van der Waals surface area contributed by atoms with E-state index in [1.165, 1.54) is 51.0 Å². The summed E-state index contributed by atoms with van der Waals surface area (Å²) in [7, 11) is 0. The fourth-order valence-corrected chi connectivity index (χ4v) is 3.57. The fourth-order valence-electron chi connectivity index (χ4n) is 3.57. The highest BCUT2D eigenvalue weighted by Crippen LogP contribution is 2.23. The largest absolute Gasteiger partial charge is 0.370 e. The predicted molar refractivity (Wildman–Crippen MR) is 87.5 cm³/mol. The van der Waals surface area contributed by atoms with Gasteiger partial charge in [-0.15, -0.1) is 0 Å². The lowest BCUT2D eigenvalue weighted by molar-refractivity contribution is 0.0457. The van der Waals surface area contributed by atoms with Crippen molar-refractivity contribution in [2.75, 3.05) is 38.0 Å². The maximum absolute atomic E-state index is 4.51. The van der Waals surface area contributed by atoms with Crippen LogP contribution < -0.4 is 5.32 Å². The van der Waals surface area contributed by atoms with Gasteiger partial charge in [-0.3, -0.25) is 9.80 Å². The lowest BCUT2D eigenvalue weighted by Gasteiger charge is -2.44. The van der Waals surface area contributed by atoms with Crippen LogP contribution in [0.15, 0.2) is 18.3 Å². The number of hydrogen-bond acceptors (Lipinski definition) is 4. The Hall–Kier alpha value is -1.13. The quantitative estimate of drug-likeness (QED) is 0.902. The van der Waals surface area contributed by atoms with Crippen LogP contribution in [0.4, 0.5) is 5.82 Å². The standard InChI is InChI=1S/C17H28N4/c1-2-8-18-17-15(6-5-9-19-17)13-20-11-12-21-10-4-3-7-16(21)14-20/h5-6,9,16H,2-4,7-8,10-14H2,1H3,(H,18,19). The summed E-state index contributed by atoms with van der Waals surface area (Å²) >= 11 is 0. The molecule has 1 aromatic heterocycles. The fraction of sp³-hybridized carbons (Fsp3) is 0.706. The Balaban J connectivity index is 1.61. The maximum atomic E-state index is 4.51. The zero-order chi connectivity index (χ0) is 14.5. The third-order valence-electron chi connectivity index (χ3n) is 4.75. The van der Waals surface area contributed by atoms with Gasteiger partial charge in [0.05, 0.1) is 0 Å². The highest BCUT2D eigenvalue weighted by atomic mass is 15.3. The molecule has 1 N–H and O–H groups in total. The average Bonchev–Trinajstić information content (AvgIpc) is 2.54. The first kappa shape index (κ1) is 14.8. The van der Waals surface area contributed by atoms with E-state index in [2.05, 4.69) is 39.2 Å². The molecule has 116 valence electrons. The molecule has 21 heavy (non-hydrogen) atoms. The van der Waals surface area contributed by atoms with E-state index < -0.39 is 0 Å². The van der Waals surface area contributed by atoms with Gasteiger partial charge in [-0.05, 0) is 31.9 Å². The molecule has 2 fully saturated rings. The Bertz CT molecular complexity index is 448. The summed E-state index contributed by atoms with van der Waals surface area (Å²) in [6.45, 7) is 9.20. The van der Waals surface area contributed by atoms with Gasteiger partial charge < -0.3 is 5.32 Å². The minimum Gasteiger partial charge on any atom is -0.370 e. The van der Waals surface area contributed by atoms with Crippen LogP contribution in [0.1, 0.15) is 38.2 Å². The highest BCUT2D eigenvalue weighted by Gasteiger charge is 2.28. The summed E-state index contributed by atoms with van der Waals surface area (Å²) in [5.41, 5.74) is 1.34. The van der Waals surface area contributed by atoms with Crippen molar-refractivity contribution in [3.63, 3.8) is 0 Å². The number of piperazine rings is 1. The number of hydrogen-bond donors (Lipinski definition) is 1. The van der Waals surface area contributed by atoms with E-state index in [1.54, 1.807) is 0 Å². The first-order valence-corrected chi connectivity index (χ1v) is 8.51. The van der Waals surface area contributed by atoms with Crippen molar-refractivity contribution in [2.45, 2.75) is 45.2 Å². The van der Waals surface area contributed by atoms with Crippen LogP contribution in [0.3, 0.4) is 0 Å². The summed E-state index contributed by atoms with van der Waals surface area (Å²) in [6.07, 6.45) is 7.21. The van der Waals surface area contributed by atoms with Gasteiger partial charge in [0.15, 0.2) is 0 Å². The molecule has 0 saturated carbocycles. The molecule has 0 aliphatic carbocycles. The Morgan fingerprint density at radius 3 is 3.14 bits per heavy atom. The normalized spacial score (nSPS) is 23.8. The molecule has 1 aromatic rings. The third-order valence-corrected chi connectivity index (χ3v) is 4.75. The SMILES string of the molecule is CCCNc1ncccc1CN1CCN2CCCCC2C1. The molecule has 0 bridgehead atoms. The third kappa shape index (κ3) is 3.74. The monoisotopic (exact) mass is 288 g/mol. The van der Waals surface area contributed by atoms with Crippen molar-refractivity contribution in [1.29, 1.82) is 0 Å². The lowest BCUT2D eigenvalue weighted by atomic mass is 9.99. The van der Waals surface area contributed by atoms with E-state index in [0.29, 0.717) is 0 Å². The van der Waals surface area contributed by atoms with Crippen LogP contribution in [-0.4, -0.2) is 53.5 Å². The van der Waals surface area contributed by atoms with E-state index in [9.17, 15) is 0 Å². The summed E-state index contributed by atoms with van der Waals surface area (Å²) in [5.74, 6) is 1.07. The minimum atomic E-state index is 0.788. The van der Waals surface area contributed by atoms with Crippen LogP contribution in [0, 0.1) is 0 Å². The molecule has 2 aliphatic rings. The number of nitrogens with zero attached hydrogens (tertiary/aromatic N) is 3. The zero-order valence-corrected chi connectivity index (χ0v) is 13.2. The van der Waals surface area contributed by atoms with Gasteiger partial charge in [0, 0.05) is 50.5 Å². The van der Waals surface area contributed by atoms with E-state index in [4.69, 9.17) is 0 Å². The van der Waals surface area contributed by atoms with Gasteiger partial charge in [0.1, 0.15) is 5.82 Å². The highest BCUT2D eigenvalue weighted by molar-refractivity contribution is 5.43. The molecule has 0 aromatic carbocycles. The van der Waals surface area contributed by atoms with Gasteiger partial charge in [-0.2, -0.15) is 0 Å². The van der Waals surface area contributed by atoms with E-state index in [-0.39, 0.29) is 0 Å². The number of rotatable bonds is 5. The van der Waals surface area contributed by atoms with E-state index in [0.717, 1.165) is 31.4 Å². The van der Waals surface area contributed by atoms with Gasteiger partial charge in [0.25, 0.3) is 0 Å². The van der Waals surface area contributed by atoms with Crippen LogP contribution in [0.25, 0.3) is 0 Å². The molecular formula is C17H28N4. The van der Waals surface area contributed by atoms with Crippen LogP contribution in [-0.2, 0) is 6.54 Å². The summed E-state index contributed by atoms with van der Waals surface area (Å²) in [5, 5.41) is 3.46. The second kappa shape index (κ2) is 7.23. The second-order valence-corrected chi connectivity index (χ2v) is 6.36. The molecule has 4 heteroatoms. The van der Waals surface area contributed by atoms with Crippen LogP contribution in [0.2, 0.25) is 0 Å². The molecule has 0 spiro atoms. The molecule has 1 unspecified atom stereocenters. The second-order valence-electron chi connectivity index (χ2n) is 6.36. The number of fused-ring (bicyclic) bond motifs is 1. The Morgan fingerprint density at radius 2 is 2.24 bits per heavy atom. The average molecular weight is 288 g/mol. The molecule has 3 rings (SSSR count). The summed E-state index contributed by atoms with van der Waals surface area (Å²) in [4.78, 5) is 9.82. The van der Waals surface area contributed by atoms with Crippen molar-refractivity contribution in [3.8, 4) is 0 Å². The zero-order valence-electron chi connectivity index (χ0n) is 13.2. The van der Waals surface area contributed by atoms with E-state index >= 15 is 0 Å². The number of anilines is 1. The van der Waals surface area contributed by atoms with Crippen molar-refractivity contribution >= 4 is 5.82 Å². The van der Waals surface area contributed by atoms with Crippen molar-refractivity contribution < 1.29 is 0 Å². The Kier molecular flexibility index (Phi) is 5.09. The Labute approximate surface area is 128 Å². The van der Waals surface area contributed by atoms with Crippen molar-refractivity contribution in [3.05, 3.63) is 23.9 Å². The number of piperidine rings is 1. The van der Waals surface area contributed by atoms with Crippen LogP contribution >= 0.6 is 0 Å². The minimum absolute atomic E-state index is 0.788. The molecule has 3 heterocycles.